The normalized spacial score (nSPS) is 22.0. The number of benzene rings is 1. The van der Waals surface area contributed by atoms with Crippen molar-refractivity contribution >= 4 is 11.6 Å². The summed E-state index contributed by atoms with van der Waals surface area (Å²) in [6.45, 7) is 7.15. The van der Waals surface area contributed by atoms with Gasteiger partial charge in [-0.1, -0.05) is 19.1 Å². The Morgan fingerprint density at radius 2 is 2.33 bits per heavy atom. The van der Waals surface area contributed by atoms with E-state index in [9.17, 15) is 4.79 Å². The molecule has 3 rings (SSSR count). The minimum absolute atomic E-state index is 0.114. The third kappa shape index (κ3) is 3.27. The van der Waals surface area contributed by atoms with Crippen molar-refractivity contribution in [2.45, 2.75) is 39.3 Å². The molecule has 114 valence electrons. The Morgan fingerprint density at radius 1 is 1.43 bits per heavy atom. The van der Waals surface area contributed by atoms with Gasteiger partial charge in [0, 0.05) is 25.3 Å². The Kier molecular flexibility index (Phi) is 4.56. The summed E-state index contributed by atoms with van der Waals surface area (Å²) in [5.41, 5.74) is 3.69. The molecule has 0 saturated carbocycles. The highest BCUT2D eigenvalue weighted by atomic mass is 16.1. The topological polar surface area (TPSA) is 44.4 Å². The minimum Gasteiger partial charge on any atom is -0.325 e. The first-order valence-electron chi connectivity index (χ1n) is 8.12. The number of anilines is 1. The van der Waals surface area contributed by atoms with Crippen molar-refractivity contribution < 1.29 is 4.79 Å². The molecule has 0 spiro atoms. The number of piperidine rings is 1. The molecule has 1 aromatic rings. The van der Waals surface area contributed by atoms with E-state index in [1.54, 1.807) is 0 Å². The molecule has 1 atom stereocenters. The van der Waals surface area contributed by atoms with Crippen LogP contribution in [0.15, 0.2) is 18.2 Å². The van der Waals surface area contributed by atoms with Crippen LogP contribution in [0.4, 0.5) is 5.69 Å². The standard InChI is InChI=1S/C17H25N3O/c1-2-9-20-11-14-5-3-7-16(15(14)12-20)19-17(21)13-6-4-8-18-10-13/h3,5,7,13,18H,2,4,6,8-12H2,1H3,(H,19,21). The summed E-state index contributed by atoms with van der Waals surface area (Å²) < 4.78 is 0. The monoisotopic (exact) mass is 287 g/mol. The molecular weight excluding hydrogens is 262 g/mol. The first kappa shape index (κ1) is 14.5. The SMILES string of the molecule is CCCN1Cc2cccc(NC(=O)C3CCCNC3)c2C1. The molecular formula is C17H25N3O. The number of fused-ring (bicyclic) bond motifs is 1. The number of carbonyl (C=O) groups is 1. The Balaban J connectivity index is 1.69. The maximum absolute atomic E-state index is 12.4. The average Bonchev–Trinajstić information content (AvgIpc) is 2.92. The summed E-state index contributed by atoms with van der Waals surface area (Å²) in [5, 5.41) is 6.48. The lowest BCUT2D eigenvalue weighted by atomic mass is 9.98. The van der Waals surface area contributed by atoms with Crippen LogP contribution < -0.4 is 10.6 Å². The van der Waals surface area contributed by atoms with Crippen molar-refractivity contribution in [3.8, 4) is 0 Å². The van der Waals surface area contributed by atoms with Crippen molar-refractivity contribution in [1.29, 1.82) is 0 Å². The highest BCUT2D eigenvalue weighted by Gasteiger charge is 2.24. The van der Waals surface area contributed by atoms with Gasteiger partial charge in [-0.15, -0.1) is 0 Å². The van der Waals surface area contributed by atoms with E-state index in [0.29, 0.717) is 0 Å². The number of rotatable bonds is 4. The van der Waals surface area contributed by atoms with Crippen molar-refractivity contribution in [2.24, 2.45) is 5.92 Å². The minimum atomic E-state index is 0.114. The Morgan fingerprint density at radius 3 is 3.10 bits per heavy atom. The summed E-state index contributed by atoms with van der Waals surface area (Å²) in [6.07, 6.45) is 3.26. The van der Waals surface area contributed by atoms with Crippen molar-refractivity contribution in [3.63, 3.8) is 0 Å². The molecule has 1 fully saturated rings. The number of hydrogen-bond acceptors (Lipinski definition) is 3. The molecule has 1 aromatic carbocycles. The zero-order chi connectivity index (χ0) is 14.7. The molecule has 1 unspecified atom stereocenters. The second kappa shape index (κ2) is 6.58. The number of hydrogen-bond donors (Lipinski definition) is 2. The summed E-state index contributed by atoms with van der Waals surface area (Å²) in [7, 11) is 0. The second-order valence-electron chi connectivity index (χ2n) is 6.19. The summed E-state index contributed by atoms with van der Waals surface area (Å²) in [6, 6.07) is 6.29. The zero-order valence-corrected chi connectivity index (χ0v) is 12.8. The van der Waals surface area contributed by atoms with Gasteiger partial charge >= 0.3 is 0 Å². The van der Waals surface area contributed by atoms with Gasteiger partial charge in [-0.2, -0.15) is 0 Å². The van der Waals surface area contributed by atoms with Crippen LogP contribution in [0.1, 0.15) is 37.3 Å². The molecule has 2 aliphatic rings. The number of nitrogens with zero attached hydrogens (tertiary/aromatic N) is 1. The van der Waals surface area contributed by atoms with Crippen LogP contribution >= 0.6 is 0 Å². The van der Waals surface area contributed by atoms with Gasteiger partial charge in [0.05, 0.1) is 5.92 Å². The fraction of sp³-hybridized carbons (Fsp3) is 0.588. The molecule has 4 nitrogen and oxygen atoms in total. The smallest absolute Gasteiger partial charge is 0.228 e. The third-order valence-electron chi connectivity index (χ3n) is 4.51. The third-order valence-corrected chi connectivity index (χ3v) is 4.51. The predicted molar refractivity (Wildman–Crippen MR) is 85.1 cm³/mol. The summed E-state index contributed by atoms with van der Waals surface area (Å²) >= 11 is 0. The van der Waals surface area contributed by atoms with E-state index < -0.39 is 0 Å². The summed E-state index contributed by atoms with van der Waals surface area (Å²) in [5.74, 6) is 0.285. The predicted octanol–water partition coefficient (Wildman–Crippen LogP) is 2.35. The number of nitrogens with one attached hydrogen (secondary N) is 2. The van der Waals surface area contributed by atoms with Crippen LogP contribution in [0.2, 0.25) is 0 Å². The number of amides is 1. The highest BCUT2D eigenvalue weighted by molar-refractivity contribution is 5.93. The molecule has 4 heteroatoms. The fourth-order valence-corrected chi connectivity index (χ4v) is 3.39. The van der Waals surface area contributed by atoms with Gasteiger partial charge in [-0.25, -0.2) is 0 Å². The lowest BCUT2D eigenvalue weighted by Crippen LogP contribution is -2.37. The van der Waals surface area contributed by atoms with Gasteiger partial charge < -0.3 is 10.6 Å². The lowest BCUT2D eigenvalue weighted by Gasteiger charge is -2.22. The van der Waals surface area contributed by atoms with Gasteiger partial charge in [0.1, 0.15) is 0 Å². The average molecular weight is 287 g/mol. The zero-order valence-electron chi connectivity index (χ0n) is 12.8. The van der Waals surface area contributed by atoms with Crippen molar-refractivity contribution in [3.05, 3.63) is 29.3 Å². The molecule has 2 heterocycles. The first-order valence-corrected chi connectivity index (χ1v) is 8.12. The Bertz CT molecular complexity index is 509. The van der Waals surface area contributed by atoms with E-state index >= 15 is 0 Å². The summed E-state index contributed by atoms with van der Waals surface area (Å²) in [4.78, 5) is 14.9. The molecule has 1 amide bonds. The maximum atomic E-state index is 12.4. The van der Waals surface area contributed by atoms with E-state index in [0.717, 1.165) is 51.3 Å². The van der Waals surface area contributed by atoms with Crippen LogP contribution in [-0.4, -0.2) is 30.4 Å². The second-order valence-corrected chi connectivity index (χ2v) is 6.19. The van der Waals surface area contributed by atoms with Gasteiger partial charge in [0.2, 0.25) is 5.91 Å². The molecule has 21 heavy (non-hydrogen) atoms. The van der Waals surface area contributed by atoms with Crippen LogP contribution in [0.5, 0.6) is 0 Å². The van der Waals surface area contributed by atoms with E-state index in [1.807, 2.05) is 6.07 Å². The van der Waals surface area contributed by atoms with Crippen molar-refractivity contribution in [1.82, 2.24) is 10.2 Å². The van der Waals surface area contributed by atoms with E-state index in [4.69, 9.17) is 0 Å². The molecule has 0 radical (unpaired) electrons. The van der Waals surface area contributed by atoms with E-state index in [-0.39, 0.29) is 11.8 Å². The van der Waals surface area contributed by atoms with Crippen molar-refractivity contribution in [2.75, 3.05) is 25.0 Å². The Labute approximate surface area is 126 Å². The molecule has 1 saturated heterocycles. The highest BCUT2D eigenvalue weighted by Crippen LogP contribution is 2.29. The number of carbonyl (C=O) groups excluding carboxylic acids is 1. The molecule has 0 aliphatic carbocycles. The Hall–Kier alpha value is -1.39. The molecule has 0 bridgehead atoms. The van der Waals surface area contributed by atoms with Crippen LogP contribution in [-0.2, 0) is 17.9 Å². The van der Waals surface area contributed by atoms with Crippen LogP contribution in [0.3, 0.4) is 0 Å². The van der Waals surface area contributed by atoms with E-state index in [2.05, 4.69) is 34.6 Å². The van der Waals surface area contributed by atoms with E-state index in [1.165, 1.54) is 17.5 Å². The molecule has 0 aromatic heterocycles. The van der Waals surface area contributed by atoms with Gasteiger partial charge in [-0.3, -0.25) is 9.69 Å². The van der Waals surface area contributed by atoms with Crippen LogP contribution in [0, 0.1) is 5.92 Å². The lowest BCUT2D eigenvalue weighted by molar-refractivity contribution is -0.120. The molecule has 2 N–H and O–H groups in total. The molecule has 2 aliphatic heterocycles. The largest absolute Gasteiger partial charge is 0.325 e. The van der Waals surface area contributed by atoms with Crippen LogP contribution in [0.25, 0.3) is 0 Å². The van der Waals surface area contributed by atoms with Gasteiger partial charge in [0.15, 0.2) is 0 Å². The maximum Gasteiger partial charge on any atom is 0.228 e. The van der Waals surface area contributed by atoms with Gasteiger partial charge in [0.25, 0.3) is 0 Å². The quantitative estimate of drug-likeness (QED) is 0.893. The first-order chi connectivity index (χ1) is 10.3. The van der Waals surface area contributed by atoms with Gasteiger partial charge in [-0.05, 0) is 49.5 Å². The fourth-order valence-electron chi connectivity index (χ4n) is 3.39.